The molecule has 0 atom stereocenters. The molecule has 0 aliphatic rings. The highest BCUT2D eigenvalue weighted by Gasteiger charge is 2.13. The second-order valence-corrected chi connectivity index (χ2v) is 8.49. The summed E-state index contributed by atoms with van der Waals surface area (Å²) in [6.07, 6.45) is 0. The summed E-state index contributed by atoms with van der Waals surface area (Å²) in [6, 6.07) is 43.1. The highest BCUT2D eigenvalue weighted by molar-refractivity contribution is 5.85. The summed E-state index contributed by atoms with van der Waals surface area (Å²) in [5, 5.41) is 33.4. The van der Waals surface area contributed by atoms with Crippen LogP contribution in [0.15, 0.2) is 121 Å². The van der Waals surface area contributed by atoms with Crippen molar-refractivity contribution in [3.63, 3.8) is 0 Å². The van der Waals surface area contributed by atoms with Gasteiger partial charge in [-0.05, 0) is 60.7 Å². The molecule has 182 valence electrons. The van der Waals surface area contributed by atoms with Gasteiger partial charge in [0.05, 0.1) is 45.3 Å². The summed E-state index contributed by atoms with van der Waals surface area (Å²) in [5.74, 6) is 0. The number of nitrogens with one attached hydrogen (secondary N) is 4. The van der Waals surface area contributed by atoms with Gasteiger partial charge in [0.1, 0.15) is 12.1 Å². The van der Waals surface area contributed by atoms with Crippen molar-refractivity contribution in [2.24, 2.45) is 0 Å². The summed E-state index contributed by atoms with van der Waals surface area (Å²) in [6.45, 7) is 0. The quantitative estimate of drug-likeness (QED) is 0.174. The van der Waals surface area contributed by atoms with E-state index in [9.17, 15) is 10.5 Å². The van der Waals surface area contributed by atoms with E-state index < -0.39 is 0 Å². The van der Waals surface area contributed by atoms with Gasteiger partial charge in [0.15, 0.2) is 0 Å². The minimum Gasteiger partial charge on any atom is -0.354 e. The zero-order valence-electron chi connectivity index (χ0n) is 20.4. The van der Waals surface area contributed by atoms with Crippen LogP contribution in [0.25, 0.3) is 0 Å². The molecule has 0 bridgehead atoms. The van der Waals surface area contributed by atoms with Gasteiger partial charge < -0.3 is 21.3 Å². The SMILES string of the molecule is N#Cc1cc(Nc2ccccc2Nc2ccccc2)c(C#N)cc1Nc1ccccc1Nc1ccccc1. The van der Waals surface area contributed by atoms with Gasteiger partial charge in [0.2, 0.25) is 0 Å². The van der Waals surface area contributed by atoms with Gasteiger partial charge >= 0.3 is 0 Å². The number of para-hydroxylation sites is 6. The summed E-state index contributed by atoms with van der Waals surface area (Å²) in [5.41, 5.74) is 7.09. The molecule has 0 saturated heterocycles. The predicted octanol–water partition coefficient (Wildman–Crippen LogP) is 8.40. The third kappa shape index (κ3) is 5.57. The molecular weight excluding hydrogens is 468 g/mol. The zero-order valence-corrected chi connectivity index (χ0v) is 20.4. The monoisotopic (exact) mass is 492 g/mol. The van der Waals surface area contributed by atoms with Gasteiger partial charge in [0.25, 0.3) is 0 Å². The number of nitrogens with zero attached hydrogens (tertiary/aromatic N) is 2. The number of benzene rings is 5. The van der Waals surface area contributed by atoms with Gasteiger partial charge in [-0.1, -0.05) is 60.7 Å². The van der Waals surface area contributed by atoms with Crippen molar-refractivity contribution in [2.45, 2.75) is 0 Å². The molecule has 0 radical (unpaired) electrons. The Hall–Kier alpha value is -5.72. The molecule has 0 unspecified atom stereocenters. The van der Waals surface area contributed by atoms with Gasteiger partial charge in [-0.3, -0.25) is 0 Å². The fraction of sp³-hybridized carbons (Fsp3) is 0. The van der Waals surface area contributed by atoms with Crippen LogP contribution in [0.1, 0.15) is 11.1 Å². The number of rotatable bonds is 8. The van der Waals surface area contributed by atoms with Crippen LogP contribution in [0.4, 0.5) is 45.5 Å². The van der Waals surface area contributed by atoms with Crippen LogP contribution >= 0.6 is 0 Å². The number of hydrogen-bond donors (Lipinski definition) is 4. The van der Waals surface area contributed by atoms with Gasteiger partial charge in [-0.25, -0.2) is 0 Å². The lowest BCUT2D eigenvalue weighted by Crippen LogP contribution is -2.02. The van der Waals surface area contributed by atoms with E-state index in [1.165, 1.54) is 0 Å². The Morgan fingerprint density at radius 1 is 0.368 bits per heavy atom. The second kappa shape index (κ2) is 11.3. The van der Waals surface area contributed by atoms with Crippen LogP contribution in [0, 0.1) is 22.7 Å². The maximum absolute atomic E-state index is 9.98. The largest absolute Gasteiger partial charge is 0.354 e. The Kier molecular flexibility index (Phi) is 7.16. The summed E-state index contributed by atoms with van der Waals surface area (Å²) in [4.78, 5) is 0. The van der Waals surface area contributed by atoms with E-state index in [0.717, 1.165) is 34.1 Å². The van der Waals surface area contributed by atoms with Crippen LogP contribution in [0.3, 0.4) is 0 Å². The van der Waals surface area contributed by atoms with Crippen molar-refractivity contribution < 1.29 is 0 Å². The molecule has 6 nitrogen and oxygen atoms in total. The van der Waals surface area contributed by atoms with Gasteiger partial charge in [0, 0.05) is 11.4 Å². The van der Waals surface area contributed by atoms with Crippen molar-refractivity contribution in [3.05, 3.63) is 132 Å². The minimum atomic E-state index is 0.412. The summed E-state index contributed by atoms with van der Waals surface area (Å²) in [7, 11) is 0. The maximum Gasteiger partial charge on any atom is 0.101 e. The third-order valence-electron chi connectivity index (χ3n) is 5.90. The Morgan fingerprint density at radius 3 is 1.03 bits per heavy atom. The zero-order chi connectivity index (χ0) is 26.2. The Labute approximate surface area is 221 Å². The molecule has 0 spiro atoms. The molecule has 4 N–H and O–H groups in total. The lowest BCUT2D eigenvalue weighted by atomic mass is 10.1. The van der Waals surface area contributed by atoms with Crippen molar-refractivity contribution in [1.82, 2.24) is 0 Å². The van der Waals surface area contributed by atoms with Crippen LogP contribution in [0.2, 0.25) is 0 Å². The molecule has 5 rings (SSSR count). The van der Waals surface area contributed by atoms with Crippen molar-refractivity contribution in [1.29, 1.82) is 10.5 Å². The maximum atomic E-state index is 9.98. The van der Waals surface area contributed by atoms with E-state index in [1.54, 1.807) is 12.1 Å². The third-order valence-corrected chi connectivity index (χ3v) is 5.90. The first-order chi connectivity index (χ1) is 18.7. The topological polar surface area (TPSA) is 95.7 Å². The van der Waals surface area contributed by atoms with Crippen LogP contribution < -0.4 is 21.3 Å². The van der Waals surface area contributed by atoms with Crippen molar-refractivity contribution in [3.8, 4) is 12.1 Å². The van der Waals surface area contributed by atoms with E-state index in [1.807, 2.05) is 109 Å². The molecular formula is C32H24N6. The van der Waals surface area contributed by atoms with Crippen molar-refractivity contribution >= 4 is 45.5 Å². The fourth-order valence-corrected chi connectivity index (χ4v) is 4.04. The molecule has 0 saturated carbocycles. The van der Waals surface area contributed by atoms with Crippen molar-refractivity contribution in [2.75, 3.05) is 21.3 Å². The molecule has 0 heterocycles. The Morgan fingerprint density at radius 2 is 0.684 bits per heavy atom. The van der Waals surface area contributed by atoms with Crippen LogP contribution in [-0.4, -0.2) is 0 Å². The van der Waals surface area contributed by atoms with E-state index >= 15 is 0 Å². The molecule has 38 heavy (non-hydrogen) atoms. The highest BCUT2D eigenvalue weighted by Crippen LogP contribution is 2.35. The van der Waals surface area contributed by atoms with Crippen LogP contribution in [0.5, 0.6) is 0 Å². The first-order valence-corrected chi connectivity index (χ1v) is 12.1. The first-order valence-electron chi connectivity index (χ1n) is 12.1. The van der Waals surface area contributed by atoms with Gasteiger partial charge in [-0.2, -0.15) is 10.5 Å². The molecule has 0 aromatic heterocycles. The van der Waals surface area contributed by atoms with Crippen LogP contribution in [-0.2, 0) is 0 Å². The van der Waals surface area contributed by atoms with E-state index in [0.29, 0.717) is 22.5 Å². The molecule has 0 aliphatic heterocycles. The Bertz CT molecular complexity index is 1510. The molecule has 0 aliphatic carbocycles. The predicted molar refractivity (Wildman–Crippen MR) is 155 cm³/mol. The molecule has 5 aromatic carbocycles. The lowest BCUT2D eigenvalue weighted by Gasteiger charge is -2.18. The van der Waals surface area contributed by atoms with E-state index in [2.05, 4.69) is 33.4 Å². The highest BCUT2D eigenvalue weighted by atomic mass is 15.0. The summed E-state index contributed by atoms with van der Waals surface area (Å²) >= 11 is 0. The standard InChI is InChI=1S/C32H24N6/c33-21-23-20-32(38-30-18-10-8-16-28(30)36-26-13-5-2-6-14-26)24(22-34)19-31(23)37-29-17-9-7-15-27(29)35-25-11-3-1-4-12-25/h1-20,35-38H. The minimum absolute atomic E-state index is 0.412. The summed E-state index contributed by atoms with van der Waals surface area (Å²) < 4.78 is 0. The number of nitriles is 2. The smallest absolute Gasteiger partial charge is 0.101 e. The first kappa shape index (κ1) is 24.0. The molecule has 6 heteroatoms. The Balaban J connectivity index is 1.44. The average Bonchev–Trinajstić information content (AvgIpc) is 2.96. The van der Waals surface area contributed by atoms with E-state index in [4.69, 9.17) is 0 Å². The average molecular weight is 493 g/mol. The molecule has 0 amide bonds. The molecule has 0 fully saturated rings. The molecule has 5 aromatic rings. The normalized spacial score (nSPS) is 10.1. The van der Waals surface area contributed by atoms with Gasteiger partial charge in [-0.15, -0.1) is 0 Å². The number of anilines is 8. The second-order valence-electron chi connectivity index (χ2n) is 8.49. The number of hydrogen-bond acceptors (Lipinski definition) is 6. The fourth-order valence-electron chi connectivity index (χ4n) is 4.04. The van der Waals surface area contributed by atoms with E-state index in [-0.39, 0.29) is 0 Å². The lowest BCUT2D eigenvalue weighted by molar-refractivity contribution is 1.41.